The fourth-order valence-corrected chi connectivity index (χ4v) is 3.80. The third kappa shape index (κ3) is 2.36. The maximum atomic E-state index is 12.3. The highest BCUT2D eigenvalue weighted by molar-refractivity contribution is 7.89. The molecule has 0 aliphatic heterocycles. The Kier molecular flexibility index (Phi) is 3.60. The molecule has 0 saturated carbocycles. The van der Waals surface area contributed by atoms with E-state index in [1.807, 2.05) is 19.2 Å². The zero-order valence-corrected chi connectivity index (χ0v) is 12.1. The number of hydrogen-bond acceptors (Lipinski definition) is 5. The lowest BCUT2D eigenvalue weighted by molar-refractivity contribution is 0.556. The van der Waals surface area contributed by atoms with Crippen LogP contribution in [0.15, 0.2) is 16.6 Å². The first-order chi connectivity index (χ1) is 8.45. The van der Waals surface area contributed by atoms with Gasteiger partial charge in [-0.3, -0.25) is 4.40 Å². The monoisotopic (exact) mass is 288 g/mol. The first-order valence-corrected chi connectivity index (χ1v) is 7.95. The number of imidazole rings is 1. The molecule has 0 atom stereocenters. The summed E-state index contributed by atoms with van der Waals surface area (Å²) < 4.78 is 28.7. The van der Waals surface area contributed by atoms with Crippen molar-refractivity contribution in [3.63, 3.8) is 0 Å². The minimum Gasteiger partial charge on any atom is -0.371 e. The summed E-state index contributed by atoms with van der Waals surface area (Å²) in [5.74, 6) is 0.627. The highest BCUT2D eigenvalue weighted by atomic mass is 32.2. The molecule has 100 valence electrons. The Morgan fingerprint density at radius 1 is 1.50 bits per heavy atom. The van der Waals surface area contributed by atoms with Crippen molar-refractivity contribution in [3.05, 3.63) is 11.6 Å². The van der Waals surface area contributed by atoms with E-state index in [4.69, 9.17) is 0 Å². The standard InChI is InChI=1S/C10H16N4O2S2/c1-7(2)6-12-18(15,16)9-8(11-3)13-10-14(9)4-5-17-10/h4-5,7,11-12H,6H2,1-3H3. The maximum absolute atomic E-state index is 12.3. The normalized spacial score (nSPS) is 12.4. The maximum Gasteiger partial charge on any atom is 0.260 e. The van der Waals surface area contributed by atoms with Crippen LogP contribution in [0.4, 0.5) is 5.82 Å². The number of nitrogens with one attached hydrogen (secondary N) is 2. The summed E-state index contributed by atoms with van der Waals surface area (Å²) in [6, 6.07) is 0. The average Bonchev–Trinajstić information content (AvgIpc) is 2.84. The first kappa shape index (κ1) is 13.3. The van der Waals surface area contributed by atoms with E-state index in [1.165, 1.54) is 11.3 Å². The van der Waals surface area contributed by atoms with Gasteiger partial charge in [0.2, 0.25) is 0 Å². The van der Waals surface area contributed by atoms with Crippen molar-refractivity contribution in [1.82, 2.24) is 14.1 Å². The van der Waals surface area contributed by atoms with Gasteiger partial charge in [0.25, 0.3) is 10.0 Å². The van der Waals surface area contributed by atoms with Crippen molar-refractivity contribution in [2.24, 2.45) is 5.92 Å². The summed E-state index contributed by atoms with van der Waals surface area (Å²) in [5.41, 5.74) is 0. The highest BCUT2D eigenvalue weighted by Crippen LogP contribution is 2.25. The van der Waals surface area contributed by atoms with Gasteiger partial charge in [-0.05, 0) is 5.92 Å². The second-order valence-corrected chi connectivity index (χ2v) is 6.87. The van der Waals surface area contributed by atoms with Gasteiger partial charge in [-0.2, -0.15) is 0 Å². The van der Waals surface area contributed by atoms with Gasteiger partial charge < -0.3 is 5.32 Å². The molecule has 2 heterocycles. The lowest BCUT2D eigenvalue weighted by atomic mass is 10.2. The Morgan fingerprint density at radius 2 is 2.22 bits per heavy atom. The van der Waals surface area contributed by atoms with Crippen molar-refractivity contribution in [2.45, 2.75) is 18.9 Å². The van der Waals surface area contributed by atoms with Crippen LogP contribution >= 0.6 is 11.3 Å². The number of aromatic nitrogens is 2. The molecule has 8 heteroatoms. The number of fused-ring (bicyclic) bond motifs is 1. The molecule has 0 aliphatic carbocycles. The molecule has 18 heavy (non-hydrogen) atoms. The minimum absolute atomic E-state index is 0.168. The van der Waals surface area contributed by atoms with Gasteiger partial charge in [-0.15, -0.1) is 11.3 Å². The van der Waals surface area contributed by atoms with Gasteiger partial charge in [-0.25, -0.2) is 18.1 Å². The minimum atomic E-state index is -3.56. The van der Waals surface area contributed by atoms with Gasteiger partial charge >= 0.3 is 0 Å². The third-order valence-corrected chi connectivity index (χ3v) is 4.59. The zero-order chi connectivity index (χ0) is 13.3. The van der Waals surface area contributed by atoms with Gasteiger partial charge in [-0.1, -0.05) is 13.8 Å². The highest BCUT2D eigenvalue weighted by Gasteiger charge is 2.25. The first-order valence-electron chi connectivity index (χ1n) is 5.58. The van der Waals surface area contributed by atoms with Crippen LogP contribution in [-0.2, 0) is 10.0 Å². The van der Waals surface area contributed by atoms with E-state index in [1.54, 1.807) is 17.6 Å². The van der Waals surface area contributed by atoms with Crippen LogP contribution < -0.4 is 10.0 Å². The topological polar surface area (TPSA) is 75.5 Å². The zero-order valence-electron chi connectivity index (χ0n) is 10.5. The largest absolute Gasteiger partial charge is 0.371 e. The third-order valence-electron chi connectivity index (χ3n) is 2.39. The van der Waals surface area contributed by atoms with Crippen LogP contribution in [0.5, 0.6) is 0 Å². The summed E-state index contributed by atoms with van der Waals surface area (Å²) in [6.07, 6.45) is 1.71. The summed E-state index contributed by atoms with van der Waals surface area (Å²) in [4.78, 5) is 4.89. The molecule has 2 N–H and O–H groups in total. The Morgan fingerprint density at radius 3 is 2.83 bits per heavy atom. The average molecular weight is 288 g/mol. The number of nitrogens with zero attached hydrogens (tertiary/aromatic N) is 2. The number of rotatable bonds is 5. The van der Waals surface area contributed by atoms with E-state index in [-0.39, 0.29) is 10.9 Å². The fraction of sp³-hybridized carbons (Fsp3) is 0.500. The number of thiazole rings is 1. The van der Waals surface area contributed by atoms with E-state index in [9.17, 15) is 8.42 Å². The molecule has 0 saturated heterocycles. The lowest BCUT2D eigenvalue weighted by Gasteiger charge is -2.09. The molecule has 0 aliphatic rings. The van der Waals surface area contributed by atoms with E-state index in [2.05, 4.69) is 15.0 Å². The molecule has 6 nitrogen and oxygen atoms in total. The molecule has 0 spiro atoms. The Bertz CT molecular complexity index is 642. The van der Waals surface area contributed by atoms with E-state index < -0.39 is 10.0 Å². The van der Waals surface area contributed by atoms with Crippen LogP contribution in [0.3, 0.4) is 0 Å². The van der Waals surface area contributed by atoms with Gasteiger partial charge in [0.05, 0.1) is 0 Å². The molecule has 2 rings (SSSR count). The van der Waals surface area contributed by atoms with Crippen molar-refractivity contribution in [2.75, 3.05) is 18.9 Å². The van der Waals surface area contributed by atoms with Gasteiger partial charge in [0.1, 0.15) is 0 Å². The lowest BCUT2D eigenvalue weighted by Crippen LogP contribution is -2.29. The number of hydrogen-bond donors (Lipinski definition) is 2. The molecule has 2 aromatic heterocycles. The second kappa shape index (κ2) is 4.87. The molecule has 0 unspecified atom stereocenters. The number of anilines is 1. The summed E-state index contributed by atoms with van der Waals surface area (Å²) >= 11 is 1.40. The Balaban J connectivity index is 2.48. The van der Waals surface area contributed by atoms with Gasteiger partial charge in [0, 0.05) is 25.2 Å². The molecule has 2 aromatic rings. The fourth-order valence-electron chi connectivity index (χ4n) is 1.53. The van der Waals surface area contributed by atoms with Crippen molar-refractivity contribution in [1.29, 1.82) is 0 Å². The van der Waals surface area contributed by atoms with Crippen molar-refractivity contribution < 1.29 is 8.42 Å². The predicted molar refractivity (Wildman–Crippen MR) is 72.6 cm³/mol. The predicted octanol–water partition coefficient (Wildman–Crippen LogP) is 1.37. The van der Waals surface area contributed by atoms with Crippen LogP contribution in [0, 0.1) is 5.92 Å². The van der Waals surface area contributed by atoms with Crippen LogP contribution in [-0.4, -0.2) is 31.4 Å². The van der Waals surface area contributed by atoms with Crippen molar-refractivity contribution in [3.8, 4) is 0 Å². The molecule has 0 aromatic carbocycles. The quantitative estimate of drug-likeness (QED) is 0.871. The van der Waals surface area contributed by atoms with E-state index in [0.29, 0.717) is 17.3 Å². The van der Waals surface area contributed by atoms with Crippen LogP contribution in [0.2, 0.25) is 0 Å². The summed E-state index contributed by atoms with van der Waals surface area (Å²) in [6.45, 7) is 4.32. The molecule has 0 radical (unpaired) electrons. The van der Waals surface area contributed by atoms with Gasteiger partial charge in [0.15, 0.2) is 15.8 Å². The number of sulfonamides is 1. The van der Waals surface area contributed by atoms with E-state index in [0.717, 1.165) is 0 Å². The smallest absolute Gasteiger partial charge is 0.260 e. The Hall–Kier alpha value is -1.12. The molecule has 0 bridgehead atoms. The van der Waals surface area contributed by atoms with Crippen LogP contribution in [0.1, 0.15) is 13.8 Å². The molecule has 0 amide bonds. The molecular weight excluding hydrogens is 272 g/mol. The van der Waals surface area contributed by atoms with Crippen LogP contribution in [0.25, 0.3) is 4.96 Å². The second-order valence-electron chi connectivity index (χ2n) is 4.32. The SMILES string of the molecule is CNc1nc2sccn2c1S(=O)(=O)NCC(C)C. The summed E-state index contributed by atoms with van der Waals surface area (Å²) in [7, 11) is -1.90. The Labute approximate surface area is 110 Å². The molecule has 0 fully saturated rings. The van der Waals surface area contributed by atoms with E-state index >= 15 is 0 Å². The summed E-state index contributed by atoms with van der Waals surface area (Å²) in [5, 5.41) is 4.80. The van der Waals surface area contributed by atoms with Crippen molar-refractivity contribution >= 4 is 32.1 Å². The molecular formula is C10H16N4O2S2.